The molecule has 1 rings (SSSR count). The van der Waals surface area contributed by atoms with Gasteiger partial charge in [0.25, 0.3) is 5.91 Å². The summed E-state index contributed by atoms with van der Waals surface area (Å²) < 4.78 is 49.9. The molecule has 0 saturated heterocycles. The Morgan fingerprint density at radius 2 is 1.85 bits per heavy atom. The van der Waals surface area contributed by atoms with Crippen LogP contribution < -0.4 is 5.73 Å². The van der Waals surface area contributed by atoms with Gasteiger partial charge >= 0.3 is 6.18 Å². The number of ether oxygens (including phenoxy) is 2. The van der Waals surface area contributed by atoms with Gasteiger partial charge in [-0.2, -0.15) is 13.2 Å². The van der Waals surface area contributed by atoms with E-state index in [0.717, 1.165) is 4.57 Å². The highest BCUT2D eigenvalue weighted by Gasteiger charge is 2.41. The van der Waals surface area contributed by atoms with Crippen LogP contribution >= 0.6 is 0 Å². The van der Waals surface area contributed by atoms with Gasteiger partial charge < -0.3 is 19.8 Å². The van der Waals surface area contributed by atoms with Crippen LogP contribution in [0.2, 0.25) is 0 Å². The van der Waals surface area contributed by atoms with Crippen molar-refractivity contribution in [3.63, 3.8) is 0 Å². The van der Waals surface area contributed by atoms with Crippen molar-refractivity contribution in [2.75, 3.05) is 13.2 Å². The normalized spacial score (nSPS) is 12.2. The Kier molecular flexibility index (Phi) is 5.12. The Balaban J connectivity index is 3.38. The number of hydrogen-bond donors (Lipinski definition) is 1. The lowest BCUT2D eigenvalue weighted by molar-refractivity contribution is -0.149. The van der Waals surface area contributed by atoms with E-state index in [4.69, 9.17) is 15.2 Å². The molecular formula is C11H16F3N3O3. The number of primary amides is 1. The largest absolute Gasteiger partial charge is 0.435 e. The Morgan fingerprint density at radius 3 is 2.15 bits per heavy atom. The summed E-state index contributed by atoms with van der Waals surface area (Å²) in [6, 6.07) is 0. The number of halogens is 3. The predicted octanol–water partition coefficient (Wildman–Crippen LogP) is 1.61. The van der Waals surface area contributed by atoms with Crippen LogP contribution in [0.25, 0.3) is 0 Å². The molecular weight excluding hydrogens is 279 g/mol. The molecule has 6 nitrogen and oxygen atoms in total. The monoisotopic (exact) mass is 295 g/mol. The number of carbonyl (C=O) groups is 1. The molecule has 0 radical (unpaired) electrons. The lowest BCUT2D eigenvalue weighted by Gasteiger charge is -2.16. The van der Waals surface area contributed by atoms with E-state index in [2.05, 4.69) is 4.98 Å². The summed E-state index contributed by atoms with van der Waals surface area (Å²) >= 11 is 0. The van der Waals surface area contributed by atoms with Crippen molar-refractivity contribution in [1.29, 1.82) is 0 Å². The number of carbonyl (C=O) groups excluding carboxylic acids is 1. The molecule has 0 aromatic carbocycles. The molecule has 0 saturated carbocycles. The summed E-state index contributed by atoms with van der Waals surface area (Å²) in [5.74, 6) is -1.37. The van der Waals surface area contributed by atoms with Gasteiger partial charge in [-0.05, 0) is 13.8 Å². The Hall–Kier alpha value is -1.61. The first-order valence-corrected chi connectivity index (χ1v) is 5.90. The fraction of sp³-hybridized carbons (Fsp3) is 0.636. The van der Waals surface area contributed by atoms with Gasteiger partial charge in [0.2, 0.25) is 6.29 Å². The average molecular weight is 295 g/mol. The van der Waals surface area contributed by atoms with E-state index in [-0.39, 0.29) is 19.0 Å². The van der Waals surface area contributed by atoms with Crippen molar-refractivity contribution < 1.29 is 27.4 Å². The average Bonchev–Trinajstić information content (AvgIpc) is 2.66. The van der Waals surface area contributed by atoms with Crippen LogP contribution in [-0.4, -0.2) is 28.7 Å². The van der Waals surface area contributed by atoms with Crippen molar-refractivity contribution in [2.24, 2.45) is 12.8 Å². The number of amides is 1. The van der Waals surface area contributed by atoms with Crippen LogP contribution in [-0.2, 0) is 22.7 Å². The summed E-state index contributed by atoms with van der Waals surface area (Å²) in [4.78, 5) is 14.6. The van der Waals surface area contributed by atoms with Gasteiger partial charge in [0.1, 0.15) is 5.69 Å². The molecule has 1 heterocycles. The van der Waals surface area contributed by atoms with E-state index >= 15 is 0 Å². The highest BCUT2D eigenvalue weighted by Crippen LogP contribution is 2.33. The first-order valence-electron chi connectivity index (χ1n) is 5.90. The molecule has 114 valence electrons. The highest BCUT2D eigenvalue weighted by molar-refractivity contribution is 5.92. The number of alkyl halides is 3. The van der Waals surface area contributed by atoms with E-state index < -0.39 is 29.8 Å². The van der Waals surface area contributed by atoms with Crippen molar-refractivity contribution in [3.05, 3.63) is 17.2 Å². The summed E-state index contributed by atoms with van der Waals surface area (Å²) in [6.07, 6.45) is -5.88. The van der Waals surface area contributed by atoms with Gasteiger partial charge in [0, 0.05) is 20.3 Å². The van der Waals surface area contributed by atoms with Crippen molar-refractivity contribution in [1.82, 2.24) is 9.55 Å². The zero-order valence-electron chi connectivity index (χ0n) is 11.3. The minimum atomic E-state index is -4.79. The summed E-state index contributed by atoms with van der Waals surface area (Å²) in [5, 5.41) is 0. The molecule has 0 spiro atoms. The maximum atomic E-state index is 12.9. The number of hydrogen-bond acceptors (Lipinski definition) is 4. The number of rotatable bonds is 6. The molecule has 0 fully saturated rings. The topological polar surface area (TPSA) is 79.4 Å². The van der Waals surface area contributed by atoms with E-state index in [0.29, 0.717) is 0 Å². The first kappa shape index (κ1) is 16.4. The quantitative estimate of drug-likeness (QED) is 0.809. The molecule has 0 atom stereocenters. The van der Waals surface area contributed by atoms with Gasteiger partial charge in [0.05, 0.1) is 0 Å². The zero-order chi connectivity index (χ0) is 15.5. The van der Waals surface area contributed by atoms with Crippen LogP contribution in [0.1, 0.15) is 42.1 Å². The first-order chi connectivity index (χ1) is 9.23. The fourth-order valence-electron chi connectivity index (χ4n) is 1.71. The van der Waals surface area contributed by atoms with E-state index in [1.807, 2.05) is 0 Å². The molecule has 2 N–H and O–H groups in total. The van der Waals surface area contributed by atoms with Crippen LogP contribution in [0.3, 0.4) is 0 Å². The van der Waals surface area contributed by atoms with Gasteiger partial charge in [-0.3, -0.25) is 4.79 Å². The third kappa shape index (κ3) is 3.28. The third-order valence-corrected chi connectivity index (χ3v) is 2.48. The Morgan fingerprint density at radius 1 is 1.35 bits per heavy atom. The molecule has 0 unspecified atom stereocenters. The minimum absolute atomic E-state index is 0.158. The number of imidazole rings is 1. The molecule has 1 aromatic heterocycles. The van der Waals surface area contributed by atoms with Gasteiger partial charge in [-0.15, -0.1) is 0 Å². The lowest BCUT2D eigenvalue weighted by atomic mass is 10.3. The van der Waals surface area contributed by atoms with Gasteiger partial charge in [0.15, 0.2) is 11.5 Å². The van der Waals surface area contributed by atoms with Gasteiger partial charge in [-0.1, -0.05) is 0 Å². The van der Waals surface area contributed by atoms with Crippen LogP contribution in [0.4, 0.5) is 13.2 Å². The molecule has 0 aliphatic carbocycles. The summed E-state index contributed by atoms with van der Waals surface area (Å²) in [7, 11) is 1.25. The van der Waals surface area contributed by atoms with Crippen LogP contribution in [0, 0.1) is 0 Å². The van der Waals surface area contributed by atoms with Gasteiger partial charge in [-0.25, -0.2) is 4.98 Å². The molecule has 9 heteroatoms. The second-order valence-electron chi connectivity index (χ2n) is 3.83. The zero-order valence-corrected chi connectivity index (χ0v) is 11.3. The summed E-state index contributed by atoms with van der Waals surface area (Å²) in [6.45, 7) is 3.75. The lowest BCUT2D eigenvalue weighted by Crippen LogP contribution is -2.22. The van der Waals surface area contributed by atoms with E-state index in [9.17, 15) is 18.0 Å². The molecule has 0 aliphatic rings. The van der Waals surface area contributed by atoms with Crippen LogP contribution in [0.15, 0.2) is 0 Å². The number of nitrogens with two attached hydrogens (primary N) is 1. The summed E-state index contributed by atoms with van der Waals surface area (Å²) in [5.41, 5.74) is 2.93. The van der Waals surface area contributed by atoms with Crippen molar-refractivity contribution >= 4 is 5.91 Å². The van der Waals surface area contributed by atoms with Crippen molar-refractivity contribution in [3.8, 4) is 0 Å². The molecule has 20 heavy (non-hydrogen) atoms. The standard InChI is InChI=1S/C11H16F3N3O3/c1-4-19-10(20-5-2)9-16-7(11(12,13)14)6(8(15)18)17(9)3/h10H,4-5H2,1-3H3,(H2,15,18). The molecule has 0 aliphatic heterocycles. The second kappa shape index (κ2) is 6.23. The second-order valence-corrected chi connectivity index (χ2v) is 3.83. The molecule has 0 bridgehead atoms. The number of nitrogens with zero attached hydrogens (tertiary/aromatic N) is 2. The van der Waals surface area contributed by atoms with Crippen LogP contribution in [0.5, 0.6) is 0 Å². The Labute approximate surface area is 113 Å². The minimum Gasteiger partial charge on any atom is -0.364 e. The van der Waals surface area contributed by atoms with E-state index in [1.54, 1.807) is 13.8 Å². The predicted molar refractivity (Wildman–Crippen MR) is 62.7 cm³/mol. The SMILES string of the molecule is CCOC(OCC)c1nc(C(F)(F)F)c(C(N)=O)n1C. The highest BCUT2D eigenvalue weighted by atomic mass is 19.4. The van der Waals surface area contributed by atoms with Crippen molar-refractivity contribution in [2.45, 2.75) is 26.3 Å². The molecule has 1 aromatic rings. The third-order valence-electron chi connectivity index (χ3n) is 2.48. The Bertz CT molecular complexity index is 479. The fourth-order valence-corrected chi connectivity index (χ4v) is 1.71. The molecule has 1 amide bonds. The van der Waals surface area contributed by atoms with E-state index in [1.165, 1.54) is 7.05 Å². The smallest absolute Gasteiger partial charge is 0.364 e. The maximum Gasteiger partial charge on any atom is 0.435 e. The number of aromatic nitrogens is 2. The maximum absolute atomic E-state index is 12.9.